The lowest BCUT2D eigenvalue weighted by Gasteiger charge is -2.35. The lowest BCUT2D eigenvalue weighted by molar-refractivity contribution is -0.0210. The van der Waals surface area contributed by atoms with Crippen LogP contribution in [0.2, 0.25) is 0 Å². The summed E-state index contributed by atoms with van der Waals surface area (Å²) >= 11 is 0. The van der Waals surface area contributed by atoms with Gasteiger partial charge in [-0.3, -0.25) is 0 Å². The average Bonchev–Trinajstić information content (AvgIpc) is 3.00. The van der Waals surface area contributed by atoms with Gasteiger partial charge in [-0.25, -0.2) is 4.79 Å². The summed E-state index contributed by atoms with van der Waals surface area (Å²) in [6, 6.07) is 16.6. The molecule has 0 aromatic heterocycles. The fourth-order valence-corrected chi connectivity index (χ4v) is 4.58. The first kappa shape index (κ1) is 18.1. The second-order valence-corrected chi connectivity index (χ2v) is 7.95. The zero-order valence-electron chi connectivity index (χ0n) is 15.9. The summed E-state index contributed by atoms with van der Waals surface area (Å²) in [5, 5.41) is 10.7. The zero-order valence-corrected chi connectivity index (χ0v) is 15.9. The SMILES string of the molecule is CN(CC1(O)CCCCC1)C(=O)OCC1c2ccccc2-c2ccccc21. The Balaban J connectivity index is 1.43. The molecule has 2 aromatic carbocycles. The van der Waals surface area contributed by atoms with E-state index in [1.54, 1.807) is 7.05 Å². The number of aliphatic hydroxyl groups is 1. The first-order chi connectivity index (χ1) is 13.1. The fraction of sp³-hybridized carbons (Fsp3) is 0.435. The van der Waals surface area contributed by atoms with Crippen LogP contribution in [0.15, 0.2) is 48.5 Å². The molecule has 0 bridgehead atoms. The second kappa shape index (κ2) is 7.35. The van der Waals surface area contributed by atoms with Crippen LogP contribution in [0, 0.1) is 0 Å². The highest BCUT2D eigenvalue weighted by Gasteiger charge is 2.33. The molecule has 4 heteroatoms. The first-order valence-corrected chi connectivity index (χ1v) is 9.86. The topological polar surface area (TPSA) is 49.8 Å². The molecule has 142 valence electrons. The molecule has 1 saturated carbocycles. The highest BCUT2D eigenvalue weighted by molar-refractivity contribution is 5.79. The Hall–Kier alpha value is -2.33. The molecule has 2 aromatic rings. The molecule has 0 heterocycles. The second-order valence-electron chi connectivity index (χ2n) is 7.95. The number of benzene rings is 2. The number of hydrogen-bond donors (Lipinski definition) is 1. The molecule has 0 aliphatic heterocycles. The maximum absolute atomic E-state index is 12.5. The van der Waals surface area contributed by atoms with Crippen LogP contribution in [0.1, 0.15) is 49.1 Å². The van der Waals surface area contributed by atoms with Crippen molar-refractivity contribution in [3.63, 3.8) is 0 Å². The maximum atomic E-state index is 12.5. The highest BCUT2D eigenvalue weighted by atomic mass is 16.6. The van der Waals surface area contributed by atoms with E-state index in [1.807, 2.05) is 24.3 Å². The predicted octanol–water partition coefficient (Wildman–Crippen LogP) is 4.56. The van der Waals surface area contributed by atoms with Crippen LogP contribution in [0.5, 0.6) is 0 Å². The third-order valence-electron chi connectivity index (χ3n) is 5.96. The summed E-state index contributed by atoms with van der Waals surface area (Å²) in [7, 11) is 1.71. The van der Waals surface area contributed by atoms with Crippen molar-refractivity contribution in [3.8, 4) is 11.1 Å². The normalized spacial score (nSPS) is 17.9. The van der Waals surface area contributed by atoms with Gasteiger partial charge in [0.05, 0.1) is 12.1 Å². The van der Waals surface area contributed by atoms with Gasteiger partial charge in [0.2, 0.25) is 0 Å². The van der Waals surface area contributed by atoms with E-state index < -0.39 is 5.60 Å². The number of carbonyl (C=O) groups is 1. The standard InChI is InChI=1S/C23H27NO3/c1-24(16-23(26)13-7-2-8-14-23)22(25)27-15-21-19-11-5-3-9-17(19)18-10-4-6-12-20(18)21/h3-6,9-12,21,26H,2,7-8,13-16H2,1H3. The number of likely N-dealkylation sites (N-methyl/N-ethyl adjacent to an activating group) is 1. The average molecular weight is 365 g/mol. The van der Waals surface area contributed by atoms with Crippen LogP contribution in [0.3, 0.4) is 0 Å². The van der Waals surface area contributed by atoms with E-state index in [4.69, 9.17) is 4.74 Å². The smallest absolute Gasteiger partial charge is 0.409 e. The first-order valence-electron chi connectivity index (χ1n) is 9.86. The molecule has 4 nitrogen and oxygen atoms in total. The summed E-state index contributed by atoms with van der Waals surface area (Å²) in [5.41, 5.74) is 4.09. The van der Waals surface area contributed by atoms with E-state index in [0.717, 1.165) is 32.1 Å². The van der Waals surface area contributed by atoms with Gasteiger partial charge < -0.3 is 14.7 Å². The molecule has 0 atom stereocenters. The Kier molecular flexibility index (Phi) is 4.92. The number of hydrogen-bond acceptors (Lipinski definition) is 3. The summed E-state index contributed by atoms with van der Waals surface area (Å²) in [4.78, 5) is 14.1. The van der Waals surface area contributed by atoms with Crippen LogP contribution in [0.4, 0.5) is 4.79 Å². The molecule has 0 unspecified atom stereocenters. The van der Waals surface area contributed by atoms with Crippen molar-refractivity contribution >= 4 is 6.09 Å². The summed E-state index contributed by atoms with van der Waals surface area (Å²) in [6.45, 7) is 0.652. The van der Waals surface area contributed by atoms with Gasteiger partial charge in [0.25, 0.3) is 0 Å². The molecule has 0 saturated heterocycles. The third-order valence-corrected chi connectivity index (χ3v) is 5.96. The van der Waals surface area contributed by atoms with Gasteiger partial charge in [-0.05, 0) is 35.1 Å². The van der Waals surface area contributed by atoms with Crippen molar-refractivity contribution in [2.75, 3.05) is 20.2 Å². The number of rotatable bonds is 4. The van der Waals surface area contributed by atoms with E-state index in [9.17, 15) is 9.90 Å². The van der Waals surface area contributed by atoms with Crippen LogP contribution in [-0.4, -0.2) is 41.9 Å². The van der Waals surface area contributed by atoms with Gasteiger partial charge in [0, 0.05) is 13.0 Å². The van der Waals surface area contributed by atoms with Crippen LogP contribution in [0.25, 0.3) is 11.1 Å². The number of nitrogens with zero attached hydrogens (tertiary/aromatic N) is 1. The van der Waals surface area contributed by atoms with Crippen molar-refractivity contribution in [1.29, 1.82) is 0 Å². The van der Waals surface area contributed by atoms with E-state index >= 15 is 0 Å². The Bertz CT molecular complexity index is 780. The van der Waals surface area contributed by atoms with Crippen molar-refractivity contribution < 1.29 is 14.6 Å². The van der Waals surface area contributed by atoms with Crippen molar-refractivity contribution in [1.82, 2.24) is 4.90 Å². The van der Waals surface area contributed by atoms with Crippen LogP contribution < -0.4 is 0 Å². The molecule has 0 radical (unpaired) electrons. The maximum Gasteiger partial charge on any atom is 0.409 e. The quantitative estimate of drug-likeness (QED) is 0.864. The number of carbonyl (C=O) groups excluding carboxylic acids is 1. The summed E-state index contributed by atoms with van der Waals surface area (Å²) in [6.07, 6.45) is 4.36. The zero-order chi connectivity index (χ0) is 18.9. The minimum Gasteiger partial charge on any atom is -0.448 e. The fourth-order valence-electron chi connectivity index (χ4n) is 4.58. The Labute approximate surface area is 160 Å². The predicted molar refractivity (Wildman–Crippen MR) is 106 cm³/mol. The van der Waals surface area contributed by atoms with Gasteiger partial charge in [0.15, 0.2) is 0 Å². The van der Waals surface area contributed by atoms with E-state index in [-0.39, 0.29) is 12.0 Å². The number of fused-ring (bicyclic) bond motifs is 3. The van der Waals surface area contributed by atoms with Crippen LogP contribution in [-0.2, 0) is 4.74 Å². The van der Waals surface area contributed by atoms with Gasteiger partial charge in [-0.15, -0.1) is 0 Å². The Morgan fingerprint density at radius 2 is 1.59 bits per heavy atom. The van der Waals surface area contributed by atoms with Gasteiger partial charge in [-0.2, -0.15) is 0 Å². The van der Waals surface area contributed by atoms with Crippen molar-refractivity contribution in [2.45, 2.75) is 43.6 Å². The highest BCUT2D eigenvalue weighted by Crippen LogP contribution is 2.44. The molecule has 2 aliphatic rings. The molecule has 1 N–H and O–H groups in total. The van der Waals surface area contributed by atoms with Crippen LogP contribution >= 0.6 is 0 Å². The largest absolute Gasteiger partial charge is 0.448 e. The third kappa shape index (κ3) is 3.59. The summed E-state index contributed by atoms with van der Waals surface area (Å²) in [5.74, 6) is 0.0625. The van der Waals surface area contributed by atoms with E-state index in [0.29, 0.717) is 13.2 Å². The van der Waals surface area contributed by atoms with E-state index in [1.165, 1.54) is 27.2 Å². The Morgan fingerprint density at radius 1 is 1.04 bits per heavy atom. The van der Waals surface area contributed by atoms with Crippen molar-refractivity contribution in [3.05, 3.63) is 59.7 Å². The molecule has 27 heavy (non-hydrogen) atoms. The molecule has 1 fully saturated rings. The monoisotopic (exact) mass is 365 g/mol. The lowest BCUT2D eigenvalue weighted by Crippen LogP contribution is -2.45. The minimum absolute atomic E-state index is 0.0625. The molecule has 0 spiro atoms. The summed E-state index contributed by atoms with van der Waals surface area (Å²) < 4.78 is 5.66. The minimum atomic E-state index is -0.765. The molecule has 4 rings (SSSR count). The lowest BCUT2D eigenvalue weighted by atomic mass is 9.84. The van der Waals surface area contributed by atoms with E-state index in [2.05, 4.69) is 24.3 Å². The molecule has 1 amide bonds. The molecule has 2 aliphatic carbocycles. The number of amides is 1. The van der Waals surface area contributed by atoms with Gasteiger partial charge >= 0.3 is 6.09 Å². The Morgan fingerprint density at radius 3 is 2.19 bits per heavy atom. The van der Waals surface area contributed by atoms with Crippen molar-refractivity contribution in [2.24, 2.45) is 0 Å². The number of ether oxygens (including phenoxy) is 1. The molecular formula is C23H27NO3. The molecular weight excluding hydrogens is 338 g/mol. The van der Waals surface area contributed by atoms with Gasteiger partial charge in [0.1, 0.15) is 6.61 Å². The van der Waals surface area contributed by atoms with Gasteiger partial charge in [-0.1, -0.05) is 67.8 Å².